The Hall–Kier alpha value is -3.31. The van der Waals surface area contributed by atoms with Gasteiger partial charge >= 0.3 is 31.7 Å². The van der Waals surface area contributed by atoms with Gasteiger partial charge in [0.25, 0.3) is 0 Å². The summed E-state index contributed by atoms with van der Waals surface area (Å²) in [5.74, 6) is -3.01. The van der Waals surface area contributed by atoms with Crippen LogP contribution in [0.25, 0.3) is 0 Å². The minimum atomic E-state index is -5.81. The van der Waals surface area contributed by atoms with Crippen LogP contribution in [0.15, 0.2) is 36.5 Å². The number of hydrogen-bond donors (Lipinski definition) is 10. The lowest BCUT2D eigenvalue weighted by atomic mass is 9.84. The number of esters is 4. The zero-order valence-electron chi connectivity index (χ0n) is 72.0. The molecule has 0 spiro atoms. The average Bonchev–Trinajstić information content (AvgIpc) is 0.754. The maximum Gasteiger partial charge on any atom is 0.472 e. The van der Waals surface area contributed by atoms with Gasteiger partial charge in [0.05, 0.1) is 13.2 Å². The van der Waals surface area contributed by atoms with Crippen molar-refractivity contribution in [2.75, 3.05) is 26.4 Å². The molecule has 26 heteroatoms. The highest BCUT2D eigenvalue weighted by molar-refractivity contribution is 7.47. The molecule has 10 N–H and O–H groups in total. The molecule has 0 radical (unpaired) electrons. The minimum Gasteiger partial charge on any atom is -0.463 e. The summed E-state index contributed by atoms with van der Waals surface area (Å²) in [6.07, 6.45) is 30.1. The number of rotatable bonds is 74. The highest BCUT2D eigenvalue weighted by atomic mass is 31.2. The van der Waals surface area contributed by atoms with Crippen LogP contribution in [0.5, 0.6) is 0 Å². The molecule has 18 atom stereocenters. The van der Waals surface area contributed by atoms with Crippen molar-refractivity contribution in [1.82, 2.24) is 0 Å². The molecule has 0 amide bonds. The van der Waals surface area contributed by atoms with Crippen LogP contribution in [-0.2, 0) is 70.7 Å². The molecule has 1 saturated carbocycles. The maximum absolute atomic E-state index is 14.9. The zero-order chi connectivity index (χ0) is 84.7. The van der Waals surface area contributed by atoms with Crippen molar-refractivity contribution >= 4 is 31.7 Å². The van der Waals surface area contributed by atoms with Gasteiger partial charge in [-0.2, -0.15) is 0 Å². The van der Waals surface area contributed by atoms with Crippen molar-refractivity contribution in [2.24, 2.45) is 0 Å². The zero-order valence-corrected chi connectivity index (χ0v) is 72.9. The summed E-state index contributed by atoms with van der Waals surface area (Å²) in [5.41, 5.74) is 0. The van der Waals surface area contributed by atoms with Crippen LogP contribution >= 0.6 is 7.82 Å². The van der Waals surface area contributed by atoms with Crippen LogP contribution < -0.4 is 0 Å². The second-order valence-corrected chi connectivity index (χ2v) is 34.2. The number of aliphatic hydroxyl groups is 9. The Morgan fingerprint density at radius 3 is 1.04 bits per heavy atom. The van der Waals surface area contributed by atoms with Gasteiger partial charge < -0.3 is 88.7 Å². The summed E-state index contributed by atoms with van der Waals surface area (Å²) in [5, 5.41) is 102. The van der Waals surface area contributed by atoms with Gasteiger partial charge in [0.2, 0.25) is 0 Å². The number of hydrogen-bond acceptors (Lipinski definition) is 24. The van der Waals surface area contributed by atoms with E-state index in [9.17, 15) is 74.6 Å². The third kappa shape index (κ3) is 49.1. The van der Waals surface area contributed by atoms with E-state index in [1.807, 2.05) is 0 Å². The molecule has 1 aliphatic carbocycles. The molecule has 116 heavy (non-hydrogen) atoms. The number of unbranched alkanes of at least 4 members (excludes halogenated alkanes) is 44. The summed E-state index contributed by atoms with van der Waals surface area (Å²) >= 11 is 0. The minimum absolute atomic E-state index is 0.00727. The van der Waals surface area contributed by atoms with E-state index in [1.165, 1.54) is 148 Å². The van der Waals surface area contributed by atoms with E-state index in [0.29, 0.717) is 44.9 Å². The predicted molar refractivity (Wildman–Crippen MR) is 449 cm³/mol. The van der Waals surface area contributed by atoms with E-state index in [4.69, 9.17) is 46.9 Å². The van der Waals surface area contributed by atoms with Crippen LogP contribution in [0, 0.1) is 0 Å². The van der Waals surface area contributed by atoms with Gasteiger partial charge in [0, 0.05) is 25.7 Å². The van der Waals surface area contributed by atoms with Crippen molar-refractivity contribution in [2.45, 2.75) is 485 Å². The van der Waals surface area contributed by atoms with Gasteiger partial charge in [0.15, 0.2) is 24.8 Å². The van der Waals surface area contributed by atoms with Gasteiger partial charge in [-0.05, 0) is 103 Å². The highest BCUT2D eigenvalue weighted by Gasteiger charge is 2.60. The van der Waals surface area contributed by atoms with Crippen molar-refractivity contribution in [1.29, 1.82) is 0 Å². The summed E-state index contributed by atoms with van der Waals surface area (Å²) in [6.45, 7) is 5.53. The van der Waals surface area contributed by atoms with E-state index in [-0.39, 0.29) is 25.7 Å². The lowest BCUT2D eigenvalue weighted by Crippen LogP contribution is -2.70. The molecular weight excluding hydrogens is 1510 g/mol. The maximum atomic E-state index is 14.9. The Morgan fingerprint density at radius 2 is 0.647 bits per heavy atom. The number of carbonyl (C=O) groups excluding carboxylic acids is 4. The van der Waals surface area contributed by atoms with Crippen LogP contribution in [0.2, 0.25) is 0 Å². The normalized spacial score (nSPS) is 25.3. The Bertz CT molecular complexity index is 2560. The number of ether oxygens (including phenoxy) is 8. The summed E-state index contributed by atoms with van der Waals surface area (Å²) in [4.78, 5) is 66.4. The average molecular weight is 1680 g/mol. The fourth-order valence-electron chi connectivity index (χ4n) is 14.9. The molecule has 2 heterocycles. The number of allylic oxidation sites excluding steroid dienone is 6. The van der Waals surface area contributed by atoms with Gasteiger partial charge in [-0.3, -0.25) is 28.2 Å². The molecule has 2 aliphatic heterocycles. The summed E-state index contributed by atoms with van der Waals surface area (Å²) < 4.78 is 73.3. The first-order chi connectivity index (χ1) is 56.2. The third-order valence-corrected chi connectivity index (χ3v) is 23.3. The topological polar surface area (TPSA) is 380 Å². The van der Waals surface area contributed by atoms with E-state index < -0.39 is 162 Å². The quantitative estimate of drug-likeness (QED) is 0.00889. The lowest BCUT2D eigenvalue weighted by molar-refractivity contribution is -0.360. The van der Waals surface area contributed by atoms with Crippen molar-refractivity contribution in [3.05, 3.63) is 36.5 Å². The van der Waals surface area contributed by atoms with E-state index >= 15 is 0 Å². The predicted octanol–water partition coefficient (Wildman–Crippen LogP) is 16.7. The number of aliphatic hydroxyl groups excluding tert-OH is 9. The molecule has 2 saturated heterocycles. The first-order valence-electron chi connectivity index (χ1n) is 46.2. The Kier molecular flexibility index (Phi) is 63.7. The van der Waals surface area contributed by atoms with Gasteiger partial charge in [0.1, 0.15) is 92.6 Å². The molecule has 3 aliphatic rings. The summed E-state index contributed by atoms with van der Waals surface area (Å²) in [7, 11) is -5.81. The fourth-order valence-corrected chi connectivity index (χ4v) is 15.9. The largest absolute Gasteiger partial charge is 0.472 e. The van der Waals surface area contributed by atoms with Gasteiger partial charge in [-0.1, -0.05) is 289 Å². The SMILES string of the molecule is CCCCCC/C=C\CCCCCCCCCC(=O)OCC(COP(=O)(O)OC1C(OC2OC(CO)C(O)C(O)C2O)C(O)C(O)C(OC(=O)CCCCCCCCCCCCCCCCCC)C1OC1OC(COC(=O)CCCCC/C=C\CCCCCCCC)C(O)C(O)C1O)OC(=O)CCCCC/C=C\CCCCCCCC. The fraction of sp³-hybridized carbons (Fsp3) is 0.889. The van der Waals surface area contributed by atoms with E-state index in [0.717, 1.165) is 135 Å². The number of phosphoric ester groups is 1. The first-order valence-corrected chi connectivity index (χ1v) is 47.7. The number of phosphoric acid groups is 1. The molecule has 678 valence electrons. The van der Waals surface area contributed by atoms with Crippen LogP contribution in [0.1, 0.15) is 381 Å². The molecule has 18 unspecified atom stereocenters. The van der Waals surface area contributed by atoms with Crippen LogP contribution in [0.4, 0.5) is 0 Å². The molecule has 3 rings (SSSR count). The standard InChI is InChI=1S/C90H163O25P/c1-5-9-13-17-21-25-29-33-35-37-41-45-49-53-57-61-65-76(95)112-85-81(100)82(101)86(113-89-83(102)79(98)77(96)71(66-91)110-89)88(87(85)114-90-84(103)80(99)78(97)72(111-90)69-107-74(93)63-59-55-51-47-42-38-31-27-23-19-15-11-7-3)115-116(104,105)108-68-70(109-75(94)64-60-56-52-48-44-39-32-28-24-20-16-12-8-4)67-106-73(92)62-58-54-50-46-43-40-36-34-30-26-22-18-14-10-6-2/h26,30,38-39,42,44,70-72,77-91,96-103H,5-25,27-29,31-37,40-41,43,45-69H2,1-4H3,(H,104,105)/b30-26-,42-38-,44-39-. The lowest BCUT2D eigenvalue weighted by Gasteiger charge is -2.50. The van der Waals surface area contributed by atoms with Crippen LogP contribution in [0.3, 0.4) is 0 Å². The van der Waals surface area contributed by atoms with Gasteiger partial charge in [-0.25, -0.2) is 4.57 Å². The highest BCUT2D eigenvalue weighted by Crippen LogP contribution is 2.49. The molecule has 3 fully saturated rings. The third-order valence-electron chi connectivity index (χ3n) is 22.3. The summed E-state index contributed by atoms with van der Waals surface area (Å²) in [6, 6.07) is 0. The Balaban J connectivity index is 1.93. The van der Waals surface area contributed by atoms with Crippen molar-refractivity contribution < 1.29 is 122 Å². The van der Waals surface area contributed by atoms with Crippen molar-refractivity contribution in [3.8, 4) is 0 Å². The van der Waals surface area contributed by atoms with Gasteiger partial charge in [-0.15, -0.1) is 0 Å². The van der Waals surface area contributed by atoms with E-state index in [1.54, 1.807) is 0 Å². The second-order valence-electron chi connectivity index (χ2n) is 32.8. The Morgan fingerprint density at radius 1 is 0.336 bits per heavy atom. The van der Waals surface area contributed by atoms with E-state index in [2.05, 4.69) is 64.2 Å². The molecule has 0 bridgehead atoms. The molecule has 0 aromatic heterocycles. The molecule has 0 aromatic rings. The monoisotopic (exact) mass is 1680 g/mol. The Labute approximate surface area is 697 Å². The molecular formula is C90H163O25P. The smallest absolute Gasteiger partial charge is 0.463 e. The first kappa shape index (κ1) is 107. The molecule has 25 nitrogen and oxygen atoms in total. The number of carbonyl (C=O) groups is 4. The van der Waals surface area contributed by atoms with Crippen LogP contribution in [-0.4, -0.2) is 205 Å². The molecule has 0 aromatic carbocycles. The second kappa shape index (κ2) is 69.1. The van der Waals surface area contributed by atoms with Crippen molar-refractivity contribution in [3.63, 3.8) is 0 Å².